The number of hydrogen-bond donors (Lipinski definition) is 0. The molecule has 0 spiro atoms. The van der Waals surface area contributed by atoms with Gasteiger partial charge >= 0.3 is 0 Å². The summed E-state index contributed by atoms with van der Waals surface area (Å²) in [5, 5.41) is 0.803. The number of para-hydroxylation sites is 1. The van der Waals surface area contributed by atoms with Crippen LogP contribution in [0.2, 0.25) is 0 Å². The number of benzene rings is 1. The highest BCUT2D eigenvalue weighted by molar-refractivity contribution is 9.10. The number of halogens is 1. The zero-order valence-corrected chi connectivity index (χ0v) is 10.4. The van der Waals surface area contributed by atoms with Crippen molar-refractivity contribution < 1.29 is 0 Å². The highest BCUT2D eigenvalue weighted by Gasteiger charge is 2.22. The topological polar surface area (TPSA) is 22.0 Å². The monoisotopic (exact) mass is 277 g/mol. The Hall–Kier alpha value is -1.09. The minimum absolute atomic E-state index is 0.0858. The van der Waals surface area contributed by atoms with E-state index in [2.05, 4.69) is 20.5 Å². The molecule has 0 radical (unpaired) electrons. The number of fused-ring (bicyclic) bond motifs is 1. The molecule has 1 saturated carbocycles. The van der Waals surface area contributed by atoms with Crippen LogP contribution in [0.25, 0.3) is 10.9 Å². The lowest BCUT2D eigenvalue weighted by molar-refractivity contribution is 0.641. The molecule has 3 heteroatoms. The van der Waals surface area contributed by atoms with Crippen molar-refractivity contribution in [1.82, 2.24) is 4.57 Å². The Morgan fingerprint density at radius 1 is 1.31 bits per heavy atom. The predicted molar refractivity (Wildman–Crippen MR) is 68.6 cm³/mol. The summed E-state index contributed by atoms with van der Waals surface area (Å²) in [7, 11) is 0. The molecule has 0 aliphatic heterocycles. The van der Waals surface area contributed by atoms with Crippen molar-refractivity contribution in [1.29, 1.82) is 0 Å². The summed E-state index contributed by atoms with van der Waals surface area (Å²) in [5.41, 5.74) is 1.13. The van der Waals surface area contributed by atoms with Crippen LogP contribution in [0.5, 0.6) is 0 Å². The molecule has 2 aromatic rings. The van der Waals surface area contributed by atoms with Crippen molar-refractivity contribution >= 4 is 26.8 Å². The SMILES string of the molecule is O=c1c(Br)cn(CC2CC2)c2ccccc12. The summed E-state index contributed by atoms with van der Waals surface area (Å²) in [4.78, 5) is 11.9. The molecule has 1 heterocycles. The molecule has 1 aliphatic rings. The van der Waals surface area contributed by atoms with Crippen LogP contribution < -0.4 is 5.43 Å². The smallest absolute Gasteiger partial charge is 0.203 e. The quantitative estimate of drug-likeness (QED) is 0.827. The average Bonchev–Trinajstić information content (AvgIpc) is 3.10. The van der Waals surface area contributed by atoms with Crippen LogP contribution in [-0.4, -0.2) is 4.57 Å². The van der Waals surface area contributed by atoms with Gasteiger partial charge in [0, 0.05) is 18.1 Å². The number of pyridine rings is 1. The number of nitrogens with zero attached hydrogens (tertiary/aromatic N) is 1. The van der Waals surface area contributed by atoms with Gasteiger partial charge in [-0.25, -0.2) is 0 Å². The zero-order valence-electron chi connectivity index (χ0n) is 8.82. The first kappa shape index (κ1) is 10.1. The molecule has 1 fully saturated rings. The summed E-state index contributed by atoms with van der Waals surface area (Å²) in [6.45, 7) is 1.03. The number of hydrogen-bond acceptors (Lipinski definition) is 1. The van der Waals surface area contributed by atoms with Gasteiger partial charge in [-0.15, -0.1) is 0 Å². The Kier molecular flexibility index (Phi) is 2.36. The van der Waals surface area contributed by atoms with E-state index in [1.807, 2.05) is 30.5 Å². The molecule has 1 aromatic heterocycles. The van der Waals surface area contributed by atoms with Crippen LogP contribution in [0.4, 0.5) is 0 Å². The second-order valence-corrected chi connectivity index (χ2v) is 5.27. The second-order valence-electron chi connectivity index (χ2n) is 4.42. The van der Waals surface area contributed by atoms with Crippen LogP contribution >= 0.6 is 15.9 Å². The van der Waals surface area contributed by atoms with Crippen LogP contribution in [0.15, 0.2) is 39.7 Å². The fraction of sp³-hybridized carbons (Fsp3) is 0.308. The third kappa shape index (κ3) is 1.69. The summed E-state index contributed by atoms with van der Waals surface area (Å²) in [5.74, 6) is 0.804. The van der Waals surface area contributed by atoms with E-state index < -0.39 is 0 Å². The lowest BCUT2D eigenvalue weighted by Crippen LogP contribution is -2.11. The molecule has 0 unspecified atom stereocenters. The van der Waals surface area contributed by atoms with Crippen molar-refractivity contribution in [3.05, 3.63) is 45.2 Å². The van der Waals surface area contributed by atoms with Gasteiger partial charge in [-0.3, -0.25) is 4.79 Å². The van der Waals surface area contributed by atoms with Gasteiger partial charge in [0.2, 0.25) is 5.43 Å². The van der Waals surface area contributed by atoms with E-state index >= 15 is 0 Å². The maximum Gasteiger partial charge on any atom is 0.203 e. The van der Waals surface area contributed by atoms with Crippen LogP contribution in [0.3, 0.4) is 0 Å². The fourth-order valence-corrected chi connectivity index (χ4v) is 2.50. The molecule has 1 aliphatic carbocycles. The molecule has 0 N–H and O–H groups in total. The second kappa shape index (κ2) is 3.74. The van der Waals surface area contributed by atoms with E-state index in [0.29, 0.717) is 4.47 Å². The number of aromatic nitrogens is 1. The third-order valence-electron chi connectivity index (χ3n) is 3.10. The molecule has 82 valence electrons. The van der Waals surface area contributed by atoms with Gasteiger partial charge in [-0.1, -0.05) is 12.1 Å². The molecular weight excluding hydrogens is 266 g/mol. The minimum atomic E-state index is 0.0858. The van der Waals surface area contributed by atoms with Gasteiger partial charge < -0.3 is 4.57 Å². The van der Waals surface area contributed by atoms with E-state index in [4.69, 9.17) is 0 Å². The van der Waals surface area contributed by atoms with E-state index in [0.717, 1.165) is 23.4 Å². The normalized spacial score (nSPS) is 15.6. The fourth-order valence-electron chi connectivity index (χ4n) is 2.04. The van der Waals surface area contributed by atoms with Gasteiger partial charge in [0.15, 0.2) is 0 Å². The van der Waals surface area contributed by atoms with Crippen molar-refractivity contribution in [3.8, 4) is 0 Å². The lowest BCUT2D eigenvalue weighted by Gasteiger charge is -2.10. The summed E-state index contributed by atoms with van der Waals surface area (Å²) in [6.07, 6.45) is 4.55. The third-order valence-corrected chi connectivity index (χ3v) is 3.66. The van der Waals surface area contributed by atoms with Crippen LogP contribution in [-0.2, 0) is 6.54 Å². The molecule has 0 saturated heterocycles. The Morgan fingerprint density at radius 2 is 2.06 bits per heavy atom. The Labute approximate surface area is 102 Å². The van der Waals surface area contributed by atoms with E-state index in [-0.39, 0.29) is 5.43 Å². The van der Waals surface area contributed by atoms with Crippen molar-refractivity contribution in [2.45, 2.75) is 19.4 Å². The highest BCUT2D eigenvalue weighted by Crippen LogP contribution is 2.31. The Bertz CT molecular complexity index is 598. The van der Waals surface area contributed by atoms with Gasteiger partial charge in [0.25, 0.3) is 0 Å². The zero-order chi connectivity index (χ0) is 11.1. The van der Waals surface area contributed by atoms with Gasteiger partial charge in [0.05, 0.1) is 9.99 Å². The average molecular weight is 278 g/mol. The Balaban J connectivity index is 2.26. The number of rotatable bonds is 2. The first-order valence-corrected chi connectivity index (χ1v) is 6.32. The lowest BCUT2D eigenvalue weighted by atomic mass is 10.2. The largest absolute Gasteiger partial charge is 0.346 e. The molecule has 2 nitrogen and oxygen atoms in total. The predicted octanol–water partition coefficient (Wildman–Crippen LogP) is 3.17. The minimum Gasteiger partial charge on any atom is -0.346 e. The maximum absolute atomic E-state index is 11.9. The molecule has 0 atom stereocenters. The standard InChI is InChI=1S/C13H12BrNO/c14-11-8-15(7-9-5-6-9)12-4-2-1-3-10(12)13(11)16/h1-4,8-9H,5-7H2. The van der Waals surface area contributed by atoms with Crippen LogP contribution in [0.1, 0.15) is 12.8 Å². The molecule has 3 rings (SSSR count). The molecular formula is C13H12BrNO. The maximum atomic E-state index is 11.9. The van der Waals surface area contributed by atoms with Gasteiger partial charge in [-0.2, -0.15) is 0 Å². The summed E-state index contributed by atoms with van der Waals surface area (Å²) < 4.78 is 2.85. The first-order valence-electron chi connectivity index (χ1n) is 5.53. The van der Waals surface area contributed by atoms with Gasteiger partial charge in [0.1, 0.15) is 0 Å². The summed E-state index contributed by atoms with van der Waals surface area (Å²) >= 11 is 3.34. The van der Waals surface area contributed by atoms with E-state index in [9.17, 15) is 4.79 Å². The van der Waals surface area contributed by atoms with Crippen molar-refractivity contribution in [2.24, 2.45) is 5.92 Å². The van der Waals surface area contributed by atoms with Crippen molar-refractivity contribution in [3.63, 3.8) is 0 Å². The van der Waals surface area contributed by atoms with Crippen molar-refractivity contribution in [2.75, 3.05) is 0 Å². The molecule has 1 aromatic carbocycles. The summed E-state index contributed by atoms with van der Waals surface area (Å²) in [6, 6.07) is 7.81. The van der Waals surface area contributed by atoms with E-state index in [1.54, 1.807) is 0 Å². The highest BCUT2D eigenvalue weighted by atomic mass is 79.9. The van der Waals surface area contributed by atoms with Crippen LogP contribution in [0, 0.1) is 5.92 Å². The van der Waals surface area contributed by atoms with Gasteiger partial charge in [-0.05, 0) is 46.8 Å². The Morgan fingerprint density at radius 3 is 2.81 bits per heavy atom. The first-order chi connectivity index (χ1) is 7.75. The van der Waals surface area contributed by atoms with E-state index in [1.165, 1.54) is 12.8 Å². The molecule has 0 amide bonds. The molecule has 0 bridgehead atoms. The molecule has 16 heavy (non-hydrogen) atoms.